The Kier molecular flexibility index (Phi) is 17.1. The van der Waals surface area contributed by atoms with Crippen LogP contribution in [0.25, 0.3) is 10.8 Å². The van der Waals surface area contributed by atoms with E-state index in [1.54, 1.807) is 24.3 Å². The van der Waals surface area contributed by atoms with Crippen LogP contribution in [0.5, 0.6) is 0 Å². The topological polar surface area (TPSA) is 170 Å². The van der Waals surface area contributed by atoms with Crippen LogP contribution in [-0.4, -0.2) is 100 Å². The quantitative estimate of drug-likeness (QED) is 0.104. The van der Waals surface area contributed by atoms with Crippen LogP contribution >= 0.6 is 11.3 Å². The molecule has 1 saturated heterocycles. The molecular formula is C45H65N5O7S. The summed E-state index contributed by atoms with van der Waals surface area (Å²) in [6.07, 6.45) is 5.72. The van der Waals surface area contributed by atoms with E-state index in [1.165, 1.54) is 11.3 Å². The van der Waals surface area contributed by atoms with Crippen molar-refractivity contribution in [3.05, 3.63) is 64.6 Å². The van der Waals surface area contributed by atoms with E-state index in [0.29, 0.717) is 45.0 Å². The highest BCUT2D eigenvalue weighted by atomic mass is 32.1. The third kappa shape index (κ3) is 13.3. The number of hydrogen-bond acceptors (Lipinski definition) is 9. The number of morpholine rings is 1. The normalized spacial score (nSPS) is 18.4. The van der Waals surface area contributed by atoms with Crippen molar-refractivity contribution in [2.45, 2.75) is 122 Å². The molecule has 3 aromatic rings. The maximum absolute atomic E-state index is 14.5. The molecule has 0 bridgehead atoms. The van der Waals surface area contributed by atoms with E-state index >= 15 is 0 Å². The van der Waals surface area contributed by atoms with Crippen molar-refractivity contribution in [1.29, 1.82) is 0 Å². The summed E-state index contributed by atoms with van der Waals surface area (Å²) in [6, 6.07) is 12.1. The molecule has 6 atom stereocenters. The molecule has 1 aliphatic carbocycles. The predicted octanol–water partition coefficient (Wildman–Crippen LogP) is 5.19. The summed E-state index contributed by atoms with van der Waals surface area (Å²) in [5, 5.41) is 36.0. The lowest BCUT2D eigenvalue weighted by molar-refractivity contribution is -0.140. The van der Waals surface area contributed by atoms with Gasteiger partial charge in [-0.3, -0.25) is 19.2 Å². The molecule has 1 saturated carbocycles. The smallest absolute Gasteiger partial charge is 0.243 e. The van der Waals surface area contributed by atoms with E-state index in [4.69, 9.17) is 4.74 Å². The molecule has 0 radical (unpaired) electrons. The monoisotopic (exact) mass is 819 g/mol. The molecule has 5 N–H and O–H groups in total. The lowest BCUT2D eigenvalue weighted by Crippen LogP contribution is -2.56. The van der Waals surface area contributed by atoms with Gasteiger partial charge in [-0.25, -0.2) is 4.98 Å². The minimum absolute atomic E-state index is 0.0411. The number of rotatable bonds is 20. The van der Waals surface area contributed by atoms with Gasteiger partial charge in [-0.2, -0.15) is 0 Å². The number of amides is 4. The maximum atomic E-state index is 14.5. The van der Waals surface area contributed by atoms with Gasteiger partial charge in [0.15, 0.2) is 0 Å². The van der Waals surface area contributed by atoms with Gasteiger partial charge in [0.2, 0.25) is 23.6 Å². The predicted molar refractivity (Wildman–Crippen MR) is 227 cm³/mol. The summed E-state index contributed by atoms with van der Waals surface area (Å²) in [4.78, 5) is 62.4. The van der Waals surface area contributed by atoms with Gasteiger partial charge in [0.1, 0.15) is 6.04 Å². The zero-order valence-corrected chi connectivity index (χ0v) is 35.6. The Morgan fingerprint density at radius 1 is 0.966 bits per heavy atom. The van der Waals surface area contributed by atoms with Gasteiger partial charge in [-0.1, -0.05) is 94.8 Å². The molecule has 2 aromatic carbocycles. The average Bonchev–Trinajstić information content (AvgIpc) is 3.74. The fourth-order valence-corrected chi connectivity index (χ4v) is 8.81. The molecule has 4 amide bonds. The second kappa shape index (κ2) is 21.9. The number of ether oxygens (including phenoxy) is 1. The zero-order valence-electron chi connectivity index (χ0n) is 34.8. The molecule has 2 aliphatic rings. The fourth-order valence-electron chi connectivity index (χ4n) is 8.23. The number of thiazole rings is 1. The number of nitrogens with zero attached hydrogens (tertiary/aromatic N) is 2. The van der Waals surface area contributed by atoms with E-state index in [0.717, 1.165) is 54.9 Å². The largest absolute Gasteiger partial charge is 0.391 e. The first-order valence-electron chi connectivity index (χ1n) is 21.3. The van der Waals surface area contributed by atoms with Crippen molar-refractivity contribution in [3.8, 4) is 0 Å². The van der Waals surface area contributed by atoms with E-state index < -0.39 is 47.4 Å². The first kappa shape index (κ1) is 45.2. The Morgan fingerprint density at radius 2 is 1.69 bits per heavy atom. The third-order valence-corrected chi connectivity index (χ3v) is 12.7. The van der Waals surface area contributed by atoms with Crippen molar-refractivity contribution >= 4 is 45.7 Å². The van der Waals surface area contributed by atoms with Crippen molar-refractivity contribution in [2.75, 3.05) is 32.8 Å². The molecule has 2 heterocycles. The van der Waals surface area contributed by atoms with Gasteiger partial charge < -0.3 is 35.8 Å². The molecule has 0 spiro atoms. The Labute approximate surface area is 347 Å². The van der Waals surface area contributed by atoms with Crippen molar-refractivity contribution in [2.24, 2.45) is 23.7 Å². The molecule has 1 aliphatic heterocycles. The molecule has 318 valence electrons. The first-order valence-corrected chi connectivity index (χ1v) is 22.2. The molecule has 2 fully saturated rings. The zero-order chi connectivity index (χ0) is 41.7. The maximum Gasteiger partial charge on any atom is 0.243 e. The Bertz CT molecular complexity index is 1760. The van der Waals surface area contributed by atoms with Gasteiger partial charge in [0.25, 0.3) is 0 Å². The number of carbonyl (C=O) groups excluding carboxylic acids is 4. The summed E-state index contributed by atoms with van der Waals surface area (Å²) in [6.45, 7) is 9.47. The summed E-state index contributed by atoms with van der Waals surface area (Å²) in [5.74, 6) is -2.58. The Balaban J connectivity index is 1.40. The fraction of sp³-hybridized carbons (Fsp3) is 0.622. The van der Waals surface area contributed by atoms with E-state index in [9.17, 15) is 29.4 Å². The standard InChI is InChI=1S/C45H65N5O7S/c1-5-30(2)27-46-43(54)37(45(3,4)56)26-40(51)38(22-31-12-7-6-8-13-31)48-44(55)39(25-35-28-58-29-47-35)49-42(53)34(24-41(52)50-18-20-57-21-19-50)23-33-16-11-15-32-14-9-10-17-36(32)33/h9-11,14-17,28-31,34,37-40,51,56H,5-8,12-13,18-27H2,1-4H3,(H,46,54)(H,48,55)(H,49,53)/t30?,34?,37-,38+,39+,40+/m1/s1. The van der Waals surface area contributed by atoms with Gasteiger partial charge in [0.05, 0.1) is 54.0 Å². The lowest BCUT2D eigenvalue weighted by atomic mass is 9.80. The molecular weight excluding hydrogens is 755 g/mol. The molecule has 13 heteroatoms. The number of fused-ring (bicyclic) bond motifs is 1. The van der Waals surface area contributed by atoms with Crippen LogP contribution < -0.4 is 16.0 Å². The number of hydrogen-bond donors (Lipinski definition) is 5. The number of carbonyl (C=O) groups is 4. The highest BCUT2D eigenvalue weighted by Crippen LogP contribution is 2.31. The van der Waals surface area contributed by atoms with Crippen molar-refractivity contribution < 1.29 is 34.1 Å². The van der Waals surface area contributed by atoms with Crippen LogP contribution in [0.1, 0.15) is 96.7 Å². The van der Waals surface area contributed by atoms with E-state index in [-0.39, 0.29) is 49.3 Å². The number of benzene rings is 2. The average molecular weight is 820 g/mol. The number of aliphatic hydroxyl groups excluding tert-OH is 1. The van der Waals surface area contributed by atoms with Crippen LogP contribution in [-0.2, 0) is 36.8 Å². The third-order valence-electron chi connectivity index (χ3n) is 12.1. The minimum Gasteiger partial charge on any atom is -0.391 e. The minimum atomic E-state index is -1.43. The second-order valence-electron chi connectivity index (χ2n) is 17.1. The summed E-state index contributed by atoms with van der Waals surface area (Å²) >= 11 is 1.39. The van der Waals surface area contributed by atoms with Crippen molar-refractivity contribution in [3.63, 3.8) is 0 Å². The second-order valence-corrected chi connectivity index (χ2v) is 17.8. The molecule has 1 aromatic heterocycles. The lowest BCUT2D eigenvalue weighted by Gasteiger charge is -2.35. The highest BCUT2D eigenvalue weighted by molar-refractivity contribution is 7.07. The Hall–Kier alpha value is -3.91. The number of nitrogens with one attached hydrogen (secondary N) is 3. The summed E-state index contributed by atoms with van der Waals surface area (Å²) < 4.78 is 5.47. The van der Waals surface area contributed by atoms with Crippen molar-refractivity contribution in [1.82, 2.24) is 25.8 Å². The van der Waals surface area contributed by atoms with Crippen LogP contribution in [0.3, 0.4) is 0 Å². The van der Waals surface area contributed by atoms with Gasteiger partial charge in [0, 0.05) is 37.9 Å². The summed E-state index contributed by atoms with van der Waals surface area (Å²) in [7, 11) is 0. The Morgan fingerprint density at radius 3 is 2.38 bits per heavy atom. The molecule has 12 nitrogen and oxygen atoms in total. The first-order chi connectivity index (χ1) is 27.8. The van der Waals surface area contributed by atoms with Gasteiger partial charge in [-0.15, -0.1) is 11.3 Å². The van der Waals surface area contributed by atoms with E-state index in [2.05, 4.69) is 20.9 Å². The summed E-state index contributed by atoms with van der Waals surface area (Å²) in [5.41, 5.74) is 1.80. The van der Waals surface area contributed by atoms with Gasteiger partial charge >= 0.3 is 0 Å². The van der Waals surface area contributed by atoms with Crippen LogP contribution in [0.2, 0.25) is 0 Å². The van der Waals surface area contributed by atoms with Gasteiger partial charge in [-0.05, 0) is 61.3 Å². The van der Waals surface area contributed by atoms with Crippen LogP contribution in [0, 0.1) is 23.7 Å². The SMILES string of the molecule is CCC(C)CNC(=O)[C@@H](C[C@H](O)[C@H](CC1CCCCC1)NC(=O)[C@H](Cc1cscn1)NC(=O)C(CC(=O)N1CCOCC1)Cc1cccc2ccccc12)C(C)(C)O. The van der Waals surface area contributed by atoms with Crippen LogP contribution in [0.4, 0.5) is 0 Å². The molecule has 5 rings (SSSR count). The molecule has 58 heavy (non-hydrogen) atoms. The molecule has 2 unspecified atom stereocenters. The van der Waals surface area contributed by atoms with Crippen LogP contribution in [0.15, 0.2) is 53.4 Å². The number of aromatic nitrogens is 1. The number of aliphatic hydroxyl groups is 2. The van der Waals surface area contributed by atoms with E-state index in [1.807, 2.05) is 61.7 Å². The highest BCUT2D eigenvalue weighted by Gasteiger charge is 2.39.